The molecule has 3 nitrogen and oxygen atoms in total. The second-order valence-corrected chi connectivity index (χ2v) is 7.27. The van der Waals surface area contributed by atoms with Crippen LogP contribution in [0.4, 0.5) is 18.9 Å². The van der Waals surface area contributed by atoms with Gasteiger partial charge in [0.1, 0.15) is 0 Å². The van der Waals surface area contributed by atoms with Crippen LogP contribution in [-0.4, -0.2) is 20.1 Å². The van der Waals surface area contributed by atoms with E-state index in [0.29, 0.717) is 0 Å². The van der Waals surface area contributed by atoms with Crippen LogP contribution in [0.5, 0.6) is 0 Å². The van der Waals surface area contributed by atoms with Crippen molar-refractivity contribution in [2.75, 3.05) is 16.4 Å². The minimum atomic E-state index is -4.54. The molecule has 114 valence electrons. The lowest BCUT2D eigenvalue weighted by Crippen LogP contribution is -2.22. The normalized spacial score (nSPS) is 14.1. The minimum Gasteiger partial charge on any atom is -0.282 e. The summed E-state index contributed by atoms with van der Waals surface area (Å²) in [7, 11) is -3.76. The van der Waals surface area contributed by atoms with E-state index in [2.05, 4.69) is 20.7 Å². The van der Waals surface area contributed by atoms with Crippen LogP contribution < -0.4 is 4.72 Å². The molecule has 0 aliphatic rings. The van der Waals surface area contributed by atoms with Crippen molar-refractivity contribution in [2.24, 2.45) is 5.92 Å². The Bertz CT molecular complexity index is 578. The van der Waals surface area contributed by atoms with Crippen LogP contribution in [0, 0.1) is 5.92 Å². The Labute approximate surface area is 128 Å². The molecular formula is C11H12BrClF3NO2S. The van der Waals surface area contributed by atoms with Gasteiger partial charge in [0.15, 0.2) is 0 Å². The number of anilines is 1. The quantitative estimate of drug-likeness (QED) is 0.765. The molecule has 1 aromatic rings. The van der Waals surface area contributed by atoms with Crippen LogP contribution in [0.25, 0.3) is 0 Å². The Kier molecular flexibility index (Phi) is 5.74. The van der Waals surface area contributed by atoms with Crippen molar-refractivity contribution in [3.63, 3.8) is 0 Å². The van der Waals surface area contributed by atoms with Crippen molar-refractivity contribution < 1.29 is 21.6 Å². The van der Waals surface area contributed by atoms with E-state index in [-0.39, 0.29) is 27.7 Å². The zero-order chi connectivity index (χ0) is 15.6. The Morgan fingerprint density at radius 2 is 2.00 bits per heavy atom. The first-order valence-corrected chi connectivity index (χ1v) is 8.46. The molecule has 9 heteroatoms. The third-order valence-electron chi connectivity index (χ3n) is 2.33. The van der Waals surface area contributed by atoms with Crippen LogP contribution in [-0.2, 0) is 16.2 Å². The van der Waals surface area contributed by atoms with E-state index >= 15 is 0 Å². The molecule has 0 heterocycles. The summed E-state index contributed by atoms with van der Waals surface area (Å²) in [5, 5.41) is 0. The lowest BCUT2D eigenvalue weighted by atomic mass is 10.2. The average molecular weight is 395 g/mol. The van der Waals surface area contributed by atoms with Crippen molar-refractivity contribution in [3.8, 4) is 0 Å². The van der Waals surface area contributed by atoms with Gasteiger partial charge in [-0.25, -0.2) is 8.42 Å². The second-order valence-electron chi connectivity index (χ2n) is 4.34. The van der Waals surface area contributed by atoms with Crippen LogP contribution in [0.3, 0.4) is 0 Å². The molecule has 1 aromatic carbocycles. The molecule has 1 N–H and O–H groups in total. The third-order valence-corrected chi connectivity index (χ3v) is 5.08. The number of halogens is 5. The summed E-state index contributed by atoms with van der Waals surface area (Å²) in [6, 6.07) is 2.75. The number of benzene rings is 1. The molecule has 0 aliphatic carbocycles. The maximum absolute atomic E-state index is 12.6. The van der Waals surface area contributed by atoms with Gasteiger partial charge in [-0.3, -0.25) is 4.72 Å². The number of alkyl halides is 4. The minimum absolute atomic E-state index is 0.144. The highest BCUT2D eigenvalue weighted by Crippen LogP contribution is 2.34. The maximum Gasteiger partial charge on any atom is 0.416 e. The summed E-state index contributed by atoms with van der Waals surface area (Å²) in [5.41, 5.74) is -1.08. The number of nitrogens with one attached hydrogen (secondary N) is 1. The van der Waals surface area contributed by atoms with Crippen molar-refractivity contribution in [1.82, 2.24) is 0 Å². The van der Waals surface area contributed by atoms with Gasteiger partial charge in [0.2, 0.25) is 10.0 Å². The average Bonchev–Trinajstić information content (AvgIpc) is 2.29. The fraction of sp³-hybridized carbons (Fsp3) is 0.455. The van der Waals surface area contributed by atoms with Crippen LogP contribution >= 0.6 is 27.5 Å². The number of rotatable bonds is 5. The summed E-state index contributed by atoms with van der Waals surface area (Å²) in [6.07, 6.45) is -4.54. The van der Waals surface area contributed by atoms with E-state index in [9.17, 15) is 21.6 Å². The van der Waals surface area contributed by atoms with Gasteiger partial charge in [0.05, 0.1) is 17.0 Å². The molecule has 0 aliphatic heterocycles. The summed E-state index contributed by atoms with van der Waals surface area (Å²) >= 11 is 8.54. The van der Waals surface area contributed by atoms with E-state index in [4.69, 9.17) is 11.6 Å². The lowest BCUT2D eigenvalue weighted by Gasteiger charge is -2.14. The first-order chi connectivity index (χ1) is 9.05. The van der Waals surface area contributed by atoms with Crippen molar-refractivity contribution in [1.29, 1.82) is 0 Å². The third kappa shape index (κ3) is 5.14. The van der Waals surface area contributed by atoms with E-state index in [1.165, 1.54) is 0 Å². The molecule has 1 rings (SSSR count). The Balaban J connectivity index is 3.03. The van der Waals surface area contributed by atoms with Gasteiger partial charge in [0.25, 0.3) is 0 Å². The molecular weight excluding hydrogens is 383 g/mol. The SMILES string of the molecule is CC(CCl)CS(=O)(=O)Nc1cc(C(F)(F)F)ccc1Br. The summed E-state index contributed by atoms with van der Waals surface area (Å²) < 4.78 is 63.7. The summed E-state index contributed by atoms with van der Waals surface area (Å²) in [5.74, 6) is -0.428. The van der Waals surface area contributed by atoms with Crippen LogP contribution in [0.15, 0.2) is 22.7 Å². The van der Waals surface area contributed by atoms with Gasteiger partial charge in [-0.2, -0.15) is 13.2 Å². The summed E-state index contributed by atoms with van der Waals surface area (Å²) in [6.45, 7) is 1.63. The highest BCUT2D eigenvalue weighted by atomic mass is 79.9. The number of hydrogen-bond donors (Lipinski definition) is 1. The van der Waals surface area contributed by atoms with Gasteiger partial charge in [-0.05, 0) is 40.0 Å². The molecule has 0 bridgehead atoms. The molecule has 0 spiro atoms. The molecule has 1 unspecified atom stereocenters. The number of sulfonamides is 1. The van der Waals surface area contributed by atoms with E-state index < -0.39 is 21.8 Å². The summed E-state index contributed by atoms with van der Waals surface area (Å²) in [4.78, 5) is 0. The van der Waals surface area contributed by atoms with Crippen LogP contribution in [0.1, 0.15) is 12.5 Å². The molecule has 20 heavy (non-hydrogen) atoms. The fourth-order valence-electron chi connectivity index (χ4n) is 1.41. The van der Waals surface area contributed by atoms with Gasteiger partial charge in [0, 0.05) is 10.4 Å². The Hall–Kier alpha value is -0.470. The van der Waals surface area contributed by atoms with Gasteiger partial charge < -0.3 is 0 Å². The maximum atomic E-state index is 12.6. The van der Waals surface area contributed by atoms with Gasteiger partial charge in [-0.15, -0.1) is 11.6 Å². The van der Waals surface area contributed by atoms with Crippen molar-refractivity contribution >= 4 is 43.2 Å². The first kappa shape index (κ1) is 17.6. The van der Waals surface area contributed by atoms with Crippen LogP contribution in [0.2, 0.25) is 0 Å². The van der Waals surface area contributed by atoms with E-state index in [1.54, 1.807) is 6.92 Å². The lowest BCUT2D eigenvalue weighted by molar-refractivity contribution is -0.137. The molecule has 0 amide bonds. The largest absolute Gasteiger partial charge is 0.416 e. The van der Waals surface area contributed by atoms with Gasteiger partial charge in [-0.1, -0.05) is 6.92 Å². The molecule has 0 radical (unpaired) electrons. The van der Waals surface area contributed by atoms with E-state index in [0.717, 1.165) is 18.2 Å². The monoisotopic (exact) mass is 393 g/mol. The topological polar surface area (TPSA) is 46.2 Å². The fourth-order valence-corrected chi connectivity index (χ4v) is 3.58. The zero-order valence-corrected chi connectivity index (χ0v) is 13.5. The zero-order valence-electron chi connectivity index (χ0n) is 10.3. The highest BCUT2D eigenvalue weighted by molar-refractivity contribution is 9.10. The predicted molar refractivity (Wildman–Crippen MR) is 76.4 cm³/mol. The first-order valence-electron chi connectivity index (χ1n) is 5.48. The van der Waals surface area contributed by atoms with Crippen molar-refractivity contribution in [2.45, 2.75) is 13.1 Å². The Morgan fingerprint density at radius 1 is 1.40 bits per heavy atom. The molecule has 0 aromatic heterocycles. The standard InChI is InChI=1S/C11H12BrClF3NO2S/c1-7(5-13)6-20(18,19)17-10-4-8(11(14,15)16)2-3-9(10)12/h2-4,7,17H,5-6H2,1H3. The predicted octanol–water partition coefficient (Wildman–Crippen LogP) is 4.08. The van der Waals surface area contributed by atoms with Crippen molar-refractivity contribution in [3.05, 3.63) is 28.2 Å². The molecule has 1 atom stereocenters. The molecule has 0 fully saturated rings. The number of hydrogen-bond acceptors (Lipinski definition) is 2. The van der Waals surface area contributed by atoms with E-state index in [1.807, 2.05) is 0 Å². The molecule has 0 saturated carbocycles. The smallest absolute Gasteiger partial charge is 0.282 e. The Morgan fingerprint density at radius 3 is 2.50 bits per heavy atom. The second kappa shape index (κ2) is 6.53. The highest BCUT2D eigenvalue weighted by Gasteiger charge is 2.31. The molecule has 0 saturated heterocycles. The van der Waals surface area contributed by atoms with Gasteiger partial charge >= 0.3 is 6.18 Å².